The Balaban J connectivity index is 1.08. The summed E-state index contributed by atoms with van der Waals surface area (Å²) in [4.78, 5) is 2.37. The zero-order valence-electron chi connectivity index (χ0n) is 32.6. The summed E-state index contributed by atoms with van der Waals surface area (Å²) in [7, 11) is -2.97. The number of para-hydroxylation sites is 4. The molecule has 2 aliphatic rings. The summed E-state index contributed by atoms with van der Waals surface area (Å²) >= 11 is 0. The van der Waals surface area contributed by atoms with Gasteiger partial charge in [-0.3, -0.25) is 0 Å². The normalized spacial score (nSPS) is 13.1. The predicted octanol–water partition coefficient (Wildman–Crippen LogP) is 12.4. The molecule has 0 aromatic heterocycles. The molecule has 282 valence electrons. The minimum Gasteiger partial charge on any atom is -0.458 e. The monoisotopic (exact) mass is 783 g/mol. The lowest BCUT2D eigenvalue weighted by molar-refractivity contribution is 0.482. The number of rotatable bonds is 5. The van der Waals surface area contributed by atoms with Gasteiger partial charge >= 0.3 is 0 Å². The summed E-state index contributed by atoms with van der Waals surface area (Å²) in [6, 6.07) is 80.9. The van der Waals surface area contributed by atoms with Crippen molar-refractivity contribution in [2.75, 3.05) is 4.90 Å². The van der Waals surface area contributed by atoms with E-state index in [0.29, 0.717) is 0 Å². The lowest BCUT2D eigenvalue weighted by atomic mass is 9.97. The van der Waals surface area contributed by atoms with Gasteiger partial charge in [-0.1, -0.05) is 176 Å². The molecule has 1 spiro atoms. The van der Waals surface area contributed by atoms with Crippen LogP contribution in [0.1, 0.15) is 0 Å². The molecular formula is C56H37NO2Si. The van der Waals surface area contributed by atoms with Gasteiger partial charge in [0.1, 0.15) is 17.2 Å². The van der Waals surface area contributed by atoms with E-state index in [2.05, 4.69) is 229 Å². The van der Waals surface area contributed by atoms with Gasteiger partial charge in [0.05, 0.1) is 5.69 Å². The van der Waals surface area contributed by atoms with Gasteiger partial charge in [-0.25, -0.2) is 0 Å². The van der Waals surface area contributed by atoms with Crippen molar-refractivity contribution in [3.63, 3.8) is 0 Å². The molecular weight excluding hydrogens is 747 g/mol. The molecule has 0 aliphatic carbocycles. The summed E-state index contributed by atoms with van der Waals surface area (Å²) in [6.45, 7) is 0. The molecule has 2 aliphatic heterocycles. The molecule has 10 aromatic rings. The van der Waals surface area contributed by atoms with Crippen molar-refractivity contribution in [2.24, 2.45) is 0 Å². The van der Waals surface area contributed by atoms with Crippen LogP contribution in [0.15, 0.2) is 224 Å². The van der Waals surface area contributed by atoms with Crippen molar-refractivity contribution < 1.29 is 9.47 Å². The molecule has 0 bridgehead atoms. The van der Waals surface area contributed by atoms with E-state index in [9.17, 15) is 0 Å². The van der Waals surface area contributed by atoms with Crippen molar-refractivity contribution >= 4 is 67.4 Å². The highest BCUT2D eigenvalue weighted by Gasteiger charge is 2.53. The standard InChI is InChI=1S/C56H37NO2Si/c1-3-18-44-38(14-1)16-11-20-46(44)40-30-34-42(35-31-40)57(43-36-32-41(33-37-43)47-21-12-17-39-15-2-4-19-45(39)47)48-22-13-29-55-56(48)59-51-25-7-10-28-54(51)60(55)52-26-8-5-23-49(52)58-50-24-6-9-27-53(50)60/h1-37H. The van der Waals surface area contributed by atoms with Crippen molar-refractivity contribution in [2.45, 2.75) is 0 Å². The maximum atomic E-state index is 7.22. The Labute approximate surface area is 350 Å². The lowest BCUT2D eigenvalue weighted by Crippen LogP contribution is -2.77. The molecule has 0 radical (unpaired) electrons. The molecule has 12 rings (SSSR count). The second-order valence-corrected chi connectivity index (χ2v) is 19.2. The fourth-order valence-electron chi connectivity index (χ4n) is 9.76. The van der Waals surface area contributed by atoms with Gasteiger partial charge in [-0.05, 0) is 113 Å². The number of ether oxygens (including phenoxy) is 2. The number of benzene rings is 10. The quantitative estimate of drug-likeness (QED) is 0.162. The van der Waals surface area contributed by atoms with Gasteiger partial charge in [0.25, 0.3) is 0 Å². The zero-order chi connectivity index (χ0) is 39.6. The van der Waals surface area contributed by atoms with Crippen LogP contribution >= 0.6 is 0 Å². The summed E-state index contributed by atoms with van der Waals surface area (Å²) in [5, 5.41) is 9.82. The number of hydrogen-bond acceptors (Lipinski definition) is 3. The smallest absolute Gasteiger partial charge is 0.196 e. The van der Waals surface area contributed by atoms with Crippen LogP contribution in [-0.4, -0.2) is 8.07 Å². The summed E-state index contributed by atoms with van der Waals surface area (Å²) < 4.78 is 13.9. The Bertz CT molecular complexity index is 3090. The number of nitrogens with zero attached hydrogens (tertiary/aromatic N) is 1. The van der Waals surface area contributed by atoms with Gasteiger partial charge in [0.2, 0.25) is 0 Å². The van der Waals surface area contributed by atoms with Gasteiger partial charge in [0.15, 0.2) is 13.8 Å². The van der Waals surface area contributed by atoms with Crippen molar-refractivity contribution in [1.82, 2.24) is 0 Å². The topological polar surface area (TPSA) is 21.7 Å². The first-order valence-electron chi connectivity index (χ1n) is 20.5. The van der Waals surface area contributed by atoms with Crippen LogP contribution in [0.3, 0.4) is 0 Å². The number of fused-ring (bicyclic) bond motifs is 10. The minimum absolute atomic E-state index is 0.866. The molecule has 3 nitrogen and oxygen atoms in total. The maximum Gasteiger partial charge on any atom is 0.196 e. The molecule has 2 heterocycles. The Kier molecular flexibility index (Phi) is 7.87. The zero-order valence-corrected chi connectivity index (χ0v) is 33.6. The molecule has 0 amide bonds. The maximum absolute atomic E-state index is 7.22. The molecule has 0 unspecified atom stereocenters. The van der Waals surface area contributed by atoms with Crippen molar-refractivity contribution in [1.29, 1.82) is 0 Å². The van der Waals surface area contributed by atoms with Gasteiger partial charge in [-0.2, -0.15) is 0 Å². The molecule has 0 saturated heterocycles. The van der Waals surface area contributed by atoms with Crippen molar-refractivity contribution in [3.8, 4) is 45.3 Å². The van der Waals surface area contributed by atoms with E-state index >= 15 is 0 Å². The van der Waals surface area contributed by atoms with E-state index < -0.39 is 8.07 Å². The van der Waals surface area contributed by atoms with E-state index in [0.717, 1.165) is 40.1 Å². The Morgan fingerprint density at radius 1 is 0.317 bits per heavy atom. The second kappa shape index (κ2) is 13.7. The first kappa shape index (κ1) is 34.4. The molecule has 60 heavy (non-hydrogen) atoms. The summed E-state index contributed by atoms with van der Waals surface area (Å²) in [5.41, 5.74) is 7.83. The van der Waals surface area contributed by atoms with Gasteiger partial charge in [-0.15, -0.1) is 0 Å². The first-order chi connectivity index (χ1) is 29.8. The third kappa shape index (κ3) is 5.21. The van der Waals surface area contributed by atoms with Gasteiger partial charge in [0, 0.05) is 11.4 Å². The van der Waals surface area contributed by atoms with E-state index in [1.165, 1.54) is 64.5 Å². The Morgan fingerprint density at radius 3 is 1.23 bits per heavy atom. The average molecular weight is 784 g/mol. The average Bonchev–Trinajstić information content (AvgIpc) is 3.32. The first-order valence-corrected chi connectivity index (χ1v) is 22.5. The van der Waals surface area contributed by atoms with Gasteiger partial charge < -0.3 is 14.4 Å². The predicted molar refractivity (Wildman–Crippen MR) is 251 cm³/mol. The molecule has 4 heteroatoms. The molecule has 0 saturated carbocycles. The van der Waals surface area contributed by atoms with Crippen LogP contribution in [0.2, 0.25) is 0 Å². The highest BCUT2D eigenvalue weighted by molar-refractivity contribution is 7.21. The number of anilines is 3. The minimum atomic E-state index is -2.97. The molecule has 0 N–H and O–H groups in total. The largest absolute Gasteiger partial charge is 0.458 e. The Hall–Kier alpha value is -7.66. The second-order valence-electron chi connectivity index (χ2n) is 15.6. The molecule has 10 aromatic carbocycles. The fraction of sp³-hybridized carbons (Fsp3) is 0. The van der Waals surface area contributed by atoms with E-state index in [-0.39, 0.29) is 0 Å². The fourth-order valence-corrected chi connectivity index (χ4v) is 14.9. The Morgan fingerprint density at radius 2 is 0.717 bits per heavy atom. The summed E-state index contributed by atoms with van der Waals surface area (Å²) in [5.74, 6) is 3.56. The van der Waals surface area contributed by atoms with Crippen molar-refractivity contribution in [3.05, 3.63) is 224 Å². The highest BCUT2D eigenvalue weighted by atomic mass is 28.3. The van der Waals surface area contributed by atoms with Crippen LogP contribution in [0.25, 0.3) is 43.8 Å². The molecule has 0 atom stereocenters. The van der Waals surface area contributed by atoms with Crippen LogP contribution in [0, 0.1) is 0 Å². The highest BCUT2D eigenvalue weighted by Crippen LogP contribution is 2.46. The third-order valence-electron chi connectivity index (χ3n) is 12.4. The summed E-state index contributed by atoms with van der Waals surface area (Å²) in [6.07, 6.45) is 0. The van der Waals surface area contributed by atoms with E-state index in [1.54, 1.807) is 0 Å². The van der Waals surface area contributed by atoms with Crippen LogP contribution in [-0.2, 0) is 0 Å². The SMILES string of the molecule is c1ccc2c(c1)Oc1ccccc1[Si]21c2ccccc2Oc2c(N(c3ccc(-c4cccc5ccccc45)cc3)c3ccc(-c4cccc5ccccc45)cc3)cccc21. The van der Waals surface area contributed by atoms with Crippen LogP contribution in [0.5, 0.6) is 23.0 Å². The van der Waals surface area contributed by atoms with E-state index in [1.807, 2.05) is 0 Å². The third-order valence-corrected chi connectivity index (χ3v) is 17.3. The van der Waals surface area contributed by atoms with E-state index in [4.69, 9.17) is 9.47 Å². The van der Waals surface area contributed by atoms with Crippen LogP contribution in [0.4, 0.5) is 17.1 Å². The number of hydrogen-bond donors (Lipinski definition) is 0. The van der Waals surface area contributed by atoms with Crippen LogP contribution < -0.4 is 35.1 Å². The molecule has 0 fully saturated rings. The lowest BCUT2D eigenvalue weighted by Gasteiger charge is -2.44.